The molecule has 2 aromatic rings. The highest BCUT2D eigenvalue weighted by atomic mass is 16.5. The molecule has 0 N–H and O–H groups in total. The third-order valence-corrected chi connectivity index (χ3v) is 4.62. The Hall–Kier alpha value is -2.95. The van der Waals surface area contributed by atoms with Crippen LogP contribution >= 0.6 is 0 Å². The summed E-state index contributed by atoms with van der Waals surface area (Å²) >= 11 is 0. The molecule has 0 radical (unpaired) electrons. The summed E-state index contributed by atoms with van der Waals surface area (Å²) in [5.41, 5.74) is 2.45. The summed E-state index contributed by atoms with van der Waals surface area (Å²) in [7, 11) is 0. The number of hydrogen-bond acceptors (Lipinski definition) is 4. The number of hydrogen-bond donors (Lipinski definition) is 0. The molecule has 5 nitrogen and oxygen atoms in total. The first kappa shape index (κ1) is 21.4. The monoisotopic (exact) mass is 381 g/mol. The van der Waals surface area contributed by atoms with Crippen molar-refractivity contribution in [2.45, 2.75) is 39.0 Å². The quantitative estimate of drug-likeness (QED) is 0.618. The van der Waals surface area contributed by atoms with Crippen LogP contribution in [-0.4, -0.2) is 35.8 Å². The zero-order valence-corrected chi connectivity index (χ0v) is 16.5. The third-order valence-electron chi connectivity index (χ3n) is 4.62. The van der Waals surface area contributed by atoms with Crippen molar-refractivity contribution < 1.29 is 19.1 Å². The van der Waals surface area contributed by atoms with Gasteiger partial charge in [-0.1, -0.05) is 60.7 Å². The van der Waals surface area contributed by atoms with Crippen molar-refractivity contribution in [1.82, 2.24) is 4.90 Å². The summed E-state index contributed by atoms with van der Waals surface area (Å²) < 4.78 is 5.18. The van der Waals surface area contributed by atoms with Crippen LogP contribution in [-0.2, 0) is 19.1 Å². The highest BCUT2D eigenvalue weighted by molar-refractivity contribution is 5.92. The molecule has 2 amide bonds. The topological polar surface area (TPSA) is 63.7 Å². The van der Waals surface area contributed by atoms with E-state index in [-0.39, 0.29) is 36.9 Å². The van der Waals surface area contributed by atoms with Crippen LogP contribution in [0.4, 0.5) is 0 Å². The first-order chi connectivity index (χ1) is 13.5. The minimum Gasteiger partial charge on any atom is -0.464 e. The summed E-state index contributed by atoms with van der Waals surface area (Å²) in [6.07, 6.45) is 1.82. The molecule has 0 fully saturated rings. The second-order valence-corrected chi connectivity index (χ2v) is 6.68. The average molecular weight is 381 g/mol. The Balaban J connectivity index is 1.84. The van der Waals surface area contributed by atoms with Crippen molar-refractivity contribution in [2.24, 2.45) is 0 Å². The fourth-order valence-corrected chi connectivity index (χ4v) is 3.21. The first-order valence-corrected chi connectivity index (χ1v) is 9.53. The molecule has 2 rings (SSSR count). The zero-order chi connectivity index (χ0) is 20.4. The van der Waals surface area contributed by atoms with Gasteiger partial charge in [0.25, 0.3) is 0 Å². The van der Waals surface area contributed by atoms with E-state index in [0.717, 1.165) is 11.3 Å². The Kier molecular flexibility index (Phi) is 8.40. The number of imide groups is 1. The van der Waals surface area contributed by atoms with Crippen LogP contribution in [0.2, 0.25) is 0 Å². The van der Waals surface area contributed by atoms with E-state index in [1.807, 2.05) is 36.4 Å². The number of amides is 2. The van der Waals surface area contributed by atoms with E-state index < -0.39 is 0 Å². The highest BCUT2D eigenvalue weighted by Gasteiger charge is 2.16. The summed E-state index contributed by atoms with van der Waals surface area (Å²) in [5.74, 6) is -0.790. The van der Waals surface area contributed by atoms with Gasteiger partial charge in [0.2, 0.25) is 11.8 Å². The lowest BCUT2D eigenvalue weighted by molar-refractivity contribution is -0.149. The standard InChI is InChI=1S/C23H27NO4/c1-18(25)24(19(2)26)16-17-28-23(27)15-9-14-22(20-10-5-3-6-11-20)21-12-7-4-8-13-21/h3-8,10-13,22H,9,14-17H2,1-2H3. The Morgan fingerprint density at radius 3 is 1.82 bits per heavy atom. The first-order valence-electron chi connectivity index (χ1n) is 9.53. The lowest BCUT2D eigenvalue weighted by Crippen LogP contribution is -2.36. The van der Waals surface area contributed by atoms with Gasteiger partial charge in [-0.2, -0.15) is 0 Å². The summed E-state index contributed by atoms with van der Waals surface area (Å²) in [4.78, 5) is 35.8. The Morgan fingerprint density at radius 2 is 1.36 bits per heavy atom. The minimum atomic E-state index is -0.350. The number of carbonyl (C=O) groups excluding carboxylic acids is 3. The molecular formula is C23H27NO4. The molecule has 0 aliphatic rings. The van der Waals surface area contributed by atoms with E-state index in [4.69, 9.17) is 4.74 Å². The van der Waals surface area contributed by atoms with Crippen LogP contribution in [0.3, 0.4) is 0 Å². The normalized spacial score (nSPS) is 10.5. The molecule has 0 atom stereocenters. The van der Waals surface area contributed by atoms with Gasteiger partial charge in [-0.15, -0.1) is 0 Å². The van der Waals surface area contributed by atoms with E-state index >= 15 is 0 Å². The number of nitrogens with zero attached hydrogens (tertiary/aromatic N) is 1. The number of benzene rings is 2. The molecule has 0 bridgehead atoms. The summed E-state index contributed by atoms with van der Waals surface area (Å²) in [5, 5.41) is 0. The van der Waals surface area contributed by atoms with Crippen molar-refractivity contribution in [2.75, 3.05) is 13.2 Å². The predicted octanol–water partition coefficient (Wildman–Crippen LogP) is 3.93. The van der Waals surface area contributed by atoms with Gasteiger partial charge < -0.3 is 4.74 Å². The molecule has 2 aromatic carbocycles. The van der Waals surface area contributed by atoms with Crippen LogP contribution in [0.15, 0.2) is 60.7 Å². The largest absolute Gasteiger partial charge is 0.464 e. The van der Waals surface area contributed by atoms with E-state index in [1.54, 1.807) is 0 Å². The Labute approximate surface area is 166 Å². The summed E-state index contributed by atoms with van der Waals surface area (Å²) in [6.45, 7) is 2.75. The van der Waals surface area contributed by atoms with E-state index in [1.165, 1.54) is 25.0 Å². The molecule has 0 aliphatic heterocycles. The maximum atomic E-state index is 12.0. The van der Waals surface area contributed by atoms with Crippen molar-refractivity contribution in [3.05, 3.63) is 71.8 Å². The van der Waals surface area contributed by atoms with Crippen LogP contribution in [0, 0.1) is 0 Å². The van der Waals surface area contributed by atoms with E-state index in [2.05, 4.69) is 24.3 Å². The number of rotatable bonds is 9. The Morgan fingerprint density at radius 1 is 0.857 bits per heavy atom. The molecule has 0 aliphatic carbocycles. The third kappa shape index (κ3) is 6.65. The highest BCUT2D eigenvalue weighted by Crippen LogP contribution is 2.29. The van der Waals surface area contributed by atoms with Gasteiger partial charge in [0.15, 0.2) is 0 Å². The SMILES string of the molecule is CC(=O)N(CCOC(=O)CCCC(c1ccccc1)c1ccccc1)C(C)=O. The van der Waals surface area contributed by atoms with Crippen molar-refractivity contribution in [3.63, 3.8) is 0 Å². The lowest BCUT2D eigenvalue weighted by Gasteiger charge is -2.18. The molecule has 0 unspecified atom stereocenters. The fraction of sp³-hybridized carbons (Fsp3) is 0.348. The minimum absolute atomic E-state index is 0.0266. The van der Waals surface area contributed by atoms with Crippen LogP contribution in [0.1, 0.15) is 50.2 Å². The second kappa shape index (κ2) is 11.0. The molecule has 0 aromatic heterocycles. The maximum Gasteiger partial charge on any atom is 0.305 e. The predicted molar refractivity (Wildman–Crippen MR) is 108 cm³/mol. The van der Waals surface area contributed by atoms with E-state index in [9.17, 15) is 14.4 Å². The van der Waals surface area contributed by atoms with Crippen molar-refractivity contribution in [3.8, 4) is 0 Å². The van der Waals surface area contributed by atoms with Gasteiger partial charge in [0.1, 0.15) is 6.61 Å². The lowest BCUT2D eigenvalue weighted by atomic mass is 9.87. The van der Waals surface area contributed by atoms with Crippen LogP contribution < -0.4 is 0 Å². The molecule has 0 saturated heterocycles. The molecule has 0 heterocycles. The Bertz CT molecular complexity index is 720. The fourth-order valence-electron chi connectivity index (χ4n) is 3.21. The molecule has 28 heavy (non-hydrogen) atoms. The molecule has 148 valence electrons. The maximum absolute atomic E-state index is 12.0. The van der Waals surface area contributed by atoms with Gasteiger partial charge in [-0.25, -0.2) is 0 Å². The van der Waals surface area contributed by atoms with Gasteiger partial charge in [0.05, 0.1) is 6.54 Å². The van der Waals surface area contributed by atoms with Crippen molar-refractivity contribution in [1.29, 1.82) is 0 Å². The van der Waals surface area contributed by atoms with Crippen molar-refractivity contribution >= 4 is 17.8 Å². The van der Waals surface area contributed by atoms with Crippen LogP contribution in [0.5, 0.6) is 0 Å². The summed E-state index contributed by atoms with van der Waals surface area (Å²) in [6, 6.07) is 20.5. The number of ether oxygens (including phenoxy) is 1. The average Bonchev–Trinajstić information content (AvgIpc) is 2.69. The van der Waals surface area contributed by atoms with Gasteiger partial charge in [-0.3, -0.25) is 19.3 Å². The van der Waals surface area contributed by atoms with Crippen LogP contribution in [0.25, 0.3) is 0 Å². The van der Waals surface area contributed by atoms with Gasteiger partial charge in [0, 0.05) is 26.2 Å². The molecular weight excluding hydrogens is 354 g/mol. The number of esters is 1. The molecule has 0 spiro atoms. The molecule has 0 saturated carbocycles. The van der Waals surface area contributed by atoms with Gasteiger partial charge >= 0.3 is 5.97 Å². The number of carbonyl (C=O) groups is 3. The van der Waals surface area contributed by atoms with E-state index in [0.29, 0.717) is 12.8 Å². The van der Waals surface area contributed by atoms with Gasteiger partial charge in [-0.05, 0) is 24.0 Å². The molecule has 5 heteroatoms. The smallest absolute Gasteiger partial charge is 0.305 e. The second-order valence-electron chi connectivity index (χ2n) is 6.68. The zero-order valence-electron chi connectivity index (χ0n) is 16.5.